The zero-order valence-corrected chi connectivity index (χ0v) is 13.5. The van der Waals surface area contributed by atoms with Gasteiger partial charge in [0.05, 0.1) is 7.11 Å². The first-order valence-electron chi connectivity index (χ1n) is 6.12. The number of hydrogen-bond donors (Lipinski definition) is 1. The third-order valence-corrected chi connectivity index (χ3v) is 4.37. The van der Waals surface area contributed by atoms with Crippen molar-refractivity contribution in [1.29, 1.82) is 0 Å². The molecule has 1 aromatic heterocycles. The van der Waals surface area contributed by atoms with Crippen LogP contribution in [0.25, 0.3) is 0 Å². The van der Waals surface area contributed by atoms with Crippen molar-refractivity contribution >= 4 is 34.1 Å². The first kappa shape index (κ1) is 15.6. The van der Waals surface area contributed by atoms with Gasteiger partial charge in [-0.3, -0.25) is 10.1 Å². The molecule has 0 spiro atoms. The molecule has 0 aliphatic carbocycles. The average molecular weight is 325 g/mol. The highest BCUT2D eigenvalue weighted by Gasteiger charge is 2.18. The number of thioether (sulfide) groups is 1. The second kappa shape index (κ2) is 7.28. The topological polar surface area (TPSA) is 73.3 Å². The maximum Gasteiger partial charge on any atom is 0.266 e. The van der Waals surface area contributed by atoms with Crippen molar-refractivity contribution in [2.75, 3.05) is 18.7 Å². The molecule has 2 aromatic rings. The maximum atomic E-state index is 12.1. The highest BCUT2D eigenvalue weighted by atomic mass is 32.2. The zero-order chi connectivity index (χ0) is 15.2. The van der Waals surface area contributed by atoms with Gasteiger partial charge in [0.1, 0.15) is 0 Å². The Morgan fingerprint density at radius 2 is 2.05 bits per heavy atom. The highest BCUT2D eigenvalue weighted by molar-refractivity contribution is 8.00. The van der Waals surface area contributed by atoms with E-state index in [0.29, 0.717) is 16.6 Å². The molecule has 1 amide bonds. The third-order valence-electron chi connectivity index (χ3n) is 2.55. The molecule has 0 saturated carbocycles. The van der Waals surface area contributed by atoms with Crippen LogP contribution in [-0.2, 0) is 4.79 Å². The lowest BCUT2D eigenvalue weighted by Crippen LogP contribution is -2.30. The highest BCUT2D eigenvalue weighted by Crippen LogP contribution is 2.27. The van der Waals surface area contributed by atoms with Crippen molar-refractivity contribution < 1.29 is 14.3 Å². The lowest BCUT2D eigenvalue weighted by Gasteiger charge is -2.15. The summed E-state index contributed by atoms with van der Waals surface area (Å²) < 4.78 is 11.6. The van der Waals surface area contributed by atoms with Crippen LogP contribution in [0, 0.1) is 0 Å². The lowest BCUT2D eigenvalue weighted by molar-refractivity contribution is -0.122. The molecule has 1 unspecified atom stereocenters. The summed E-state index contributed by atoms with van der Waals surface area (Å²) in [5, 5.41) is 10.9. The standard InChI is InChI=1S/C13H15N3O3S2/c1-8(19-10-7-5-4-6-9(10)18-2)11(17)14-12-15-16-13(20-3)21-12/h4-8H,1-3H3,(H,14,15,17). The summed E-state index contributed by atoms with van der Waals surface area (Å²) in [6.45, 7) is 1.66. The van der Waals surface area contributed by atoms with Crippen LogP contribution < -0.4 is 14.8 Å². The van der Waals surface area contributed by atoms with Crippen molar-refractivity contribution in [2.24, 2.45) is 0 Å². The number of ether oxygens (including phenoxy) is 2. The predicted molar refractivity (Wildman–Crippen MR) is 83.4 cm³/mol. The Hall–Kier alpha value is -1.80. The van der Waals surface area contributed by atoms with Crippen molar-refractivity contribution in [2.45, 2.75) is 17.4 Å². The summed E-state index contributed by atoms with van der Waals surface area (Å²) in [7, 11) is 1.55. The number of rotatable bonds is 6. The fourth-order valence-electron chi connectivity index (χ4n) is 1.51. The fraction of sp³-hybridized carbons (Fsp3) is 0.308. The van der Waals surface area contributed by atoms with Crippen molar-refractivity contribution in [1.82, 2.24) is 10.2 Å². The average Bonchev–Trinajstić information content (AvgIpc) is 2.95. The number of nitrogens with one attached hydrogen (secondary N) is 1. The van der Waals surface area contributed by atoms with Gasteiger partial charge in [-0.1, -0.05) is 35.2 Å². The van der Waals surface area contributed by atoms with Gasteiger partial charge < -0.3 is 9.47 Å². The molecule has 0 radical (unpaired) electrons. The van der Waals surface area contributed by atoms with Gasteiger partial charge in [0, 0.05) is 0 Å². The molecule has 0 bridgehead atoms. The number of benzene rings is 1. The Morgan fingerprint density at radius 3 is 2.67 bits per heavy atom. The number of carbonyl (C=O) groups is 1. The molecule has 21 heavy (non-hydrogen) atoms. The van der Waals surface area contributed by atoms with E-state index in [-0.39, 0.29) is 5.91 Å². The van der Waals surface area contributed by atoms with Gasteiger partial charge in [-0.15, -0.1) is 10.2 Å². The van der Waals surface area contributed by atoms with Crippen LogP contribution in [-0.4, -0.2) is 35.6 Å². The van der Waals surface area contributed by atoms with Crippen LogP contribution in [0.1, 0.15) is 6.92 Å². The molecule has 8 heteroatoms. The van der Waals surface area contributed by atoms with Gasteiger partial charge in [-0.2, -0.15) is 0 Å². The van der Waals surface area contributed by atoms with E-state index in [1.165, 1.54) is 23.1 Å². The number of methoxy groups -OCH3 is 1. The van der Waals surface area contributed by atoms with E-state index in [0.717, 1.165) is 4.34 Å². The monoisotopic (exact) mass is 325 g/mol. The molecule has 0 aliphatic heterocycles. The minimum Gasteiger partial charge on any atom is -0.493 e. The van der Waals surface area contributed by atoms with Crippen LogP contribution in [0.4, 0.5) is 5.13 Å². The largest absolute Gasteiger partial charge is 0.493 e. The summed E-state index contributed by atoms with van der Waals surface area (Å²) in [4.78, 5) is 12.1. The molecule has 1 N–H and O–H groups in total. The lowest BCUT2D eigenvalue weighted by atomic mass is 10.3. The number of nitrogens with zero attached hydrogens (tertiary/aromatic N) is 2. The van der Waals surface area contributed by atoms with Gasteiger partial charge in [0.2, 0.25) is 5.13 Å². The normalized spacial score (nSPS) is 11.8. The van der Waals surface area contributed by atoms with E-state index in [1.54, 1.807) is 26.2 Å². The Balaban J connectivity index is 1.99. The van der Waals surface area contributed by atoms with Crippen LogP contribution in [0.15, 0.2) is 28.6 Å². The van der Waals surface area contributed by atoms with E-state index < -0.39 is 6.10 Å². The van der Waals surface area contributed by atoms with E-state index in [2.05, 4.69) is 15.5 Å². The molecule has 1 heterocycles. The number of amides is 1. The summed E-state index contributed by atoms with van der Waals surface area (Å²) in [5.74, 6) is 0.812. The molecule has 2 rings (SSSR count). The van der Waals surface area contributed by atoms with Crippen molar-refractivity contribution in [3.8, 4) is 11.5 Å². The SMILES string of the molecule is COc1ccccc1OC(C)C(=O)Nc1nnc(SC)s1. The number of anilines is 1. The maximum absolute atomic E-state index is 12.1. The summed E-state index contributed by atoms with van der Waals surface area (Å²) >= 11 is 2.80. The molecule has 6 nitrogen and oxygen atoms in total. The Bertz CT molecular complexity index is 618. The second-order valence-corrected chi connectivity index (χ2v) is 6.01. The molecule has 0 aliphatic rings. The number of carbonyl (C=O) groups excluding carboxylic acids is 1. The minimum absolute atomic E-state index is 0.287. The molecule has 0 fully saturated rings. The third kappa shape index (κ3) is 4.08. The second-order valence-electron chi connectivity index (χ2n) is 3.98. The van der Waals surface area contributed by atoms with Crippen LogP contribution in [0.3, 0.4) is 0 Å². The van der Waals surface area contributed by atoms with Gasteiger partial charge >= 0.3 is 0 Å². The first-order valence-corrected chi connectivity index (χ1v) is 8.16. The van der Waals surface area contributed by atoms with Gasteiger partial charge in [-0.25, -0.2) is 0 Å². The van der Waals surface area contributed by atoms with Gasteiger partial charge in [-0.05, 0) is 25.3 Å². The van der Waals surface area contributed by atoms with Crippen LogP contribution in [0.5, 0.6) is 11.5 Å². The minimum atomic E-state index is -0.678. The van der Waals surface area contributed by atoms with E-state index >= 15 is 0 Å². The van der Waals surface area contributed by atoms with Crippen LogP contribution in [0.2, 0.25) is 0 Å². The smallest absolute Gasteiger partial charge is 0.266 e. The van der Waals surface area contributed by atoms with E-state index in [1.807, 2.05) is 18.4 Å². The molecular weight excluding hydrogens is 310 g/mol. The van der Waals surface area contributed by atoms with Crippen molar-refractivity contribution in [3.63, 3.8) is 0 Å². The first-order chi connectivity index (χ1) is 10.1. The Labute approximate surface area is 130 Å². The molecule has 1 aromatic carbocycles. The molecule has 0 saturated heterocycles. The Kier molecular flexibility index (Phi) is 5.40. The number of hydrogen-bond acceptors (Lipinski definition) is 7. The van der Waals surface area contributed by atoms with Crippen molar-refractivity contribution in [3.05, 3.63) is 24.3 Å². The molecule has 1 atom stereocenters. The molecule has 112 valence electrons. The van der Waals surface area contributed by atoms with Gasteiger partial charge in [0.25, 0.3) is 5.91 Å². The Morgan fingerprint density at radius 1 is 1.33 bits per heavy atom. The number of para-hydroxylation sites is 2. The summed E-state index contributed by atoms with van der Waals surface area (Å²) in [6, 6.07) is 7.18. The fourth-order valence-corrected chi connectivity index (χ4v) is 2.68. The van der Waals surface area contributed by atoms with E-state index in [4.69, 9.17) is 9.47 Å². The quantitative estimate of drug-likeness (QED) is 0.650. The van der Waals surface area contributed by atoms with E-state index in [9.17, 15) is 4.79 Å². The predicted octanol–water partition coefficient (Wildman–Crippen LogP) is 2.67. The zero-order valence-electron chi connectivity index (χ0n) is 11.8. The summed E-state index contributed by atoms with van der Waals surface area (Å²) in [5.41, 5.74) is 0. The van der Waals surface area contributed by atoms with Crippen LogP contribution >= 0.6 is 23.1 Å². The summed E-state index contributed by atoms with van der Waals surface area (Å²) in [6.07, 6.45) is 1.22. The number of aromatic nitrogens is 2. The van der Waals surface area contributed by atoms with Gasteiger partial charge in [0.15, 0.2) is 21.9 Å². The molecular formula is C13H15N3O3S2.